The van der Waals surface area contributed by atoms with Crippen LogP contribution in [0.4, 0.5) is 11.4 Å². The maximum Gasteiger partial charge on any atom is 0.334 e. The standard InChI is InChI=1S/C21H23N5O4S2/c1-2-29-19(28)10-16(27)8-13-6-7-17(11-18(13)22)30-12-23-14-4-3-5-15(9-14)26-20(31)24-25-21(26)32/h3-7,9-11,23,27H,2,8,12,22H2,1H3,(H,24,31)(H,25,32). The van der Waals surface area contributed by atoms with E-state index in [1.54, 1.807) is 29.7 Å². The number of carbonyl (C=O) groups is 1. The molecule has 0 fully saturated rings. The Bertz CT molecular complexity index is 1220. The zero-order valence-electron chi connectivity index (χ0n) is 17.3. The van der Waals surface area contributed by atoms with Crippen LogP contribution in [0.25, 0.3) is 5.69 Å². The monoisotopic (exact) mass is 473 g/mol. The van der Waals surface area contributed by atoms with E-state index < -0.39 is 5.97 Å². The van der Waals surface area contributed by atoms with E-state index in [9.17, 15) is 9.90 Å². The molecular weight excluding hydrogens is 450 g/mol. The second-order valence-electron chi connectivity index (χ2n) is 6.64. The summed E-state index contributed by atoms with van der Waals surface area (Å²) in [4.78, 5) is 11.4. The highest BCUT2D eigenvalue weighted by Crippen LogP contribution is 2.22. The van der Waals surface area contributed by atoms with Crippen molar-refractivity contribution in [2.24, 2.45) is 0 Å². The van der Waals surface area contributed by atoms with Crippen molar-refractivity contribution < 1.29 is 19.4 Å². The lowest BCUT2D eigenvalue weighted by molar-refractivity contribution is -0.137. The van der Waals surface area contributed by atoms with Gasteiger partial charge in [-0.05, 0) is 61.2 Å². The summed E-state index contributed by atoms with van der Waals surface area (Å²) in [7, 11) is 0. The van der Waals surface area contributed by atoms with Crippen LogP contribution in [-0.4, -0.2) is 39.2 Å². The van der Waals surface area contributed by atoms with E-state index in [0.29, 0.717) is 26.5 Å². The first kappa shape index (κ1) is 23.1. The third kappa shape index (κ3) is 5.99. The Morgan fingerprint density at radius 2 is 1.97 bits per heavy atom. The molecule has 32 heavy (non-hydrogen) atoms. The van der Waals surface area contributed by atoms with Gasteiger partial charge in [0.2, 0.25) is 0 Å². The molecule has 0 atom stereocenters. The van der Waals surface area contributed by atoms with E-state index in [0.717, 1.165) is 17.5 Å². The molecule has 0 bridgehead atoms. The average Bonchev–Trinajstić information content (AvgIpc) is 3.08. The first-order valence-electron chi connectivity index (χ1n) is 9.69. The quantitative estimate of drug-likeness (QED) is 0.0782. The minimum atomic E-state index is -0.598. The molecule has 0 spiro atoms. The van der Waals surface area contributed by atoms with Crippen LogP contribution >= 0.6 is 24.4 Å². The van der Waals surface area contributed by atoms with E-state index in [1.165, 1.54) is 0 Å². The predicted molar refractivity (Wildman–Crippen MR) is 127 cm³/mol. The number of ether oxygens (including phenoxy) is 2. The molecular formula is C21H23N5O4S2. The molecule has 3 aromatic rings. The van der Waals surface area contributed by atoms with Crippen molar-refractivity contribution in [2.75, 3.05) is 24.4 Å². The fourth-order valence-corrected chi connectivity index (χ4v) is 3.45. The summed E-state index contributed by atoms with van der Waals surface area (Å²) in [5.41, 5.74) is 8.79. The summed E-state index contributed by atoms with van der Waals surface area (Å²) in [5.74, 6) is -0.175. The molecule has 6 N–H and O–H groups in total. The number of anilines is 2. The summed E-state index contributed by atoms with van der Waals surface area (Å²) in [6.07, 6.45) is 1.15. The molecule has 0 saturated carbocycles. The van der Waals surface area contributed by atoms with Crippen molar-refractivity contribution in [2.45, 2.75) is 13.3 Å². The van der Waals surface area contributed by atoms with E-state index in [-0.39, 0.29) is 25.5 Å². The molecule has 0 radical (unpaired) electrons. The van der Waals surface area contributed by atoms with Gasteiger partial charge in [-0.2, -0.15) is 0 Å². The lowest BCUT2D eigenvalue weighted by atomic mass is 10.1. The summed E-state index contributed by atoms with van der Waals surface area (Å²) >= 11 is 10.5. The van der Waals surface area contributed by atoms with Crippen LogP contribution in [0.1, 0.15) is 12.5 Å². The highest BCUT2D eigenvalue weighted by atomic mass is 32.1. The lowest BCUT2D eigenvalue weighted by Crippen LogP contribution is -2.10. The molecule has 1 aromatic heterocycles. The third-order valence-electron chi connectivity index (χ3n) is 4.36. The number of esters is 1. The number of aliphatic hydroxyl groups is 1. The molecule has 0 unspecified atom stereocenters. The molecule has 3 rings (SSSR count). The molecule has 9 nitrogen and oxygen atoms in total. The Morgan fingerprint density at radius 1 is 1.22 bits per heavy atom. The molecule has 0 saturated heterocycles. The zero-order chi connectivity index (χ0) is 23.1. The van der Waals surface area contributed by atoms with Gasteiger partial charge in [0, 0.05) is 23.9 Å². The van der Waals surface area contributed by atoms with Crippen molar-refractivity contribution in [3.63, 3.8) is 0 Å². The van der Waals surface area contributed by atoms with Gasteiger partial charge in [-0.3, -0.25) is 14.8 Å². The first-order valence-corrected chi connectivity index (χ1v) is 10.5. The van der Waals surface area contributed by atoms with Crippen LogP contribution in [0.15, 0.2) is 54.3 Å². The van der Waals surface area contributed by atoms with Gasteiger partial charge in [-0.25, -0.2) is 4.79 Å². The number of allylic oxidation sites excluding steroid dienone is 1. The summed E-state index contributed by atoms with van der Waals surface area (Å²) < 4.78 is 13.2. The largest absolute Gasteiger partial charge is 0.512 e. The number of aromatic nitrogens is 3. The molecule has 1 heterocycles. The van der Waals surface area contributed by atoms with Gasteiger partial charge in [0.25, 0.3) is 0 Å². The zero-order valence-corrected chi connectivity index (χ0v) is 18.9. The van der Waals surface area contributed by atoms with E-state index >= 15 is 0 Å². The first-order chi connectivity index (χ1) is 15.4. The van der Waals surface area contributed by atoms with Gasteiger partial charge in [-0.1, -0.05) is 12.1 Å². The smallest absolute Gasteiger partial charge is 0.334 e. The topological polar surface area (TPSA) is 130 Å². The number of nitrogen functional groups attached to an aromatic ring is 1. The Balaban J connectivity index is 1.60. The van der Waals surface area contributed by atoms with Gasteiger partial charge in [0.15, 0.2) is 16.3 Å². The Labute approximate surface area is 194 Å². The molecule has 0 aliphatic carbocycles. The maximum atomic E-state index is 11.4. The highest BCUT2D eigenvalue weighted by Gasteiger charge is 2.07. The molecule has 0 amide bonds. The lowest BCUT2D eigenvalue weighted by Gasteiger charge is -2.12. The third-order valence-corrected chi connectivity index (χ3v) is 4.93. The number of carbonyl (C=O) groups excluding carboxylic acids is 1. The number of aromatic amines is 2. The van der Waals surface area contributed by atoms with Crippen LogP contribution in [-0.2, 0) is 16.0 Å². The fourth-order valence-electron chi connectivity index (χ4n) is 2.89. The summed E-state index contributed by atoms with van der Waals surface area (Å²) in [5, 5.41) is 18.7. The van der Waals surface area contributed by atoms with Crippen molar-refractivity contribution in [3.8, 4) is 11.4 Å². The molecule has 0 aliphatic heterocycles. The SMILES string of the molecule is CCOC(=O)C=C(O)Cc1ccc(OCNc2cccc(-n3c(=S)[nH][nH]c3=S)c2)cc1N. The van der Waals surface area contributed by atoms with Crippen LogP contribution in [0.2, 0.25) is 0 Å². The minimum absolute atomic E-state index is 0.111. The normalized spacial score (nSPS) is 11.2. The number of nitrogens with one attached hydrogen (secondary N) is 3. The van der Waals surface area contributed by atoms with Crippen LogP contribution in [0, 0.1) is 9.54 Å². The number of benzene rings is 2. The van der Waals surface area contributed by atoms with Crippen LogP contribution in [0.3, 0.4) is 0 Å². The Kier molecular flexibility index (Phi) is 7.68. The van der Waals surface area contributed by atoms with Gasteiger partial charge in [0.05, 0.1) is 18.4 Å². The molecule has 11 heteroatoms. The number of nitrogens with zero attached hydrogens (tertiary/aromatic N) is 1. The number of nitrogens with two attached hydrogens (primary N) is 1. The predicted octanol–water partition coefficient (Wildman–Crippen LogP) is 4.17. The van der Waals surface area contributed by atoms with Gasteiger partial charge < -0.3 is 25.6 Å². The second-order valence-corrected chi connectivity index (χ2v) is 7.41. The van der Waals surface area contributed by atoms with Crippen LogP contribution in [0.5, 0.6) is 5.75 Å². The number of hydrogen-bond donors (Lipinski definition) is 5. The van der Waals surface area contributed by atoms with Crippen LogP contribution < -0.4 is 15.8 Å². The average molecular weight is 474 g/mol. The fraction of sp³-hybridized carbons (Fsp3) is 0.190. The van der Waals surface area contributed by atoms with Gasteiger partial charge in [0.1, 0.15) is 11.5 Å². The Morgan fingerprint density at radius 3 is 2.66 bits per heavy atom. The van der Waals surface area contributed by atoms with E-state index in [1.807, 2.05) is 24.3 Å². The van der Waals surface area contributed by atoms with Crippen molar-refractivity contribution >= 4 is 41.8 Å². The van der Waals surface area contributed by atoms with Crippen molar-refractivity contribution in [1.82, 2.24) is 14.8 Å². The highest BCUT2D eigenvalue weighted by molar-refractivity contribution is 7.72. The molecule has 2 aromatic carbocycles. The molecule has 168 valence electrons. The summed E-state index contributed by atoms with van der Waals surface area (Å²) in [6.45, 7) is 2.13. The number of aliphatic hydroxyl groups excluding tert-OH is 1. The molecule has 0 aliphatic rings. The minimum Gasteiger partial charge on any atom is -0.512 e. The van der Waals surface area contributed by atoms with E-state index in [2.05, 4.69) is 15.5 Å². The van der Waals surface area contributed by atoms with Crippen molar-refractivity contribution in [3.05, 3.63) is 69.4 Å². The second kappa shape index (κ2) is 10.6. The van der Waals surface area contributed by atoms with Gasteiger partial charge >= 0.3 is 5.97 Å². The number of hydrogen-bond acceptors (Lipinski definition) is 8. The summed E-state index contributed by atoms with van der Waals surface area (Å²) in [6, 6.07) is 12.7. The van der Waals surface area contributed by atoms with Gasteiger partial charge in [-0.15, -0.1) is 0 Å². The van der Waals surface area contributed by atoms with Crippen molar-refractivity contribution in [1.29, 1.82) is 0 Å². The number of rotatable bonds is 9. The Hall–Kier alpha value is -3.57. The maximum absolute atomic E-state index is 11.4. The van der Waals surface area contributed by atoms with E-state index in [4.69, 9.17) is 39.6 Å². The number of H-pyrrole nitrogens is 2.